The summed E-state index contributed by atoms with van der Waals surface area (Å²) in [6.07, 6.45) is 20.6. The molecule has 8 saturated carbocycles. The SMILES string of the molecule is CC(C)(CC(=O)C1[C@H]2CNC[C@@H]12)c1nc(C2CC2)nc2ccccc12.CC(C)(CC(=O)C1[C@H]2CNC[C@@H]12)c1ncc2c(Cl)cccn12.CC(C)(NC(=O)C1[C@H]2CNC[C@@H]12)c1ncc2ccc(F)cn12.Cc1cccn2c(C(C)(C)CC(=O)C3[C@H]4CNC[C@@H]34)nnc12.Cc1cccn2c(C3(NC(=O)C4[C@H]5CNC[C@@H]45)CCC3)ncc12.Cc1nc(C(C)(C)CC(=O)C2[C@H]3CNC[C@@H]23)c2ccccc2n1. The summed E-state index contributed by atoms with van der Waals surface area (Å²) in [5.41, 5.74) is 8.04. The summed E-state index contributed by atoms with van der Waals surface area (Å²) in [4.78, 5) is 109. The molecular weight excluding hydrogens is 1740 g/mol. The molecule has 26 rings (SSSR count). The largest absolute Gasteiger partial charge is 0.344 e. The molecule has 6 unspecified atom stereocenters. The quantitative estimate of drug-likeness (QED) is 0.0295. The maximum atomic E-state index is 13.5. The summed E-state index contributed by atoms with van der Waals surface area (Å²) in [5.74, 6) is 15.5. The summed E-state index contributed by atoms with van der Waals surface area (Å²) in [6.45, 7) is 38.8. The number of nitrogens with one attached hydrogen (secondary N) is 8. The predicted molar refractivity (Wildman–Crippen MR) is 524 cm³/mol. The van der Waals surface area contributed by atoms with Gasteiger partial charge in [-0.15, -0.1) is 10.2 Å². The molecule has 18 atom stereocenters. The van der Waals surface area contributed by atoms with E-state index in [1.807, 2.05) is 110 Å². The van der Waals surface area contributed by atoms with Gasteiger partial charge >= 0.3 is 0 Å². The second kappa shape index (κ2) is 35.6. The highest BCUT2D eigenvalue weighted by Crippen LogP contribution is 2.57. The Bertz CT molecular complexity index is 6480. The van der Waals surface area contributed by atoms with Crippen LogP contribution in [0.2, 0.25) is 5.02 Å². The van der Waals surface area contributed by atoms with Crippen LogP contribution in [0.4, 0.5) is 4.39 Å². The van der Waals surface area contributed by atoms with Crippen molar-refractivity contribution in [2.45, 2.75) is 186 Å². The van der Waals surface area contributed by atoms with E-state index in [4.69, 9.17) is 31.5 Å². The maximum absolute atomic E-state index is 13.5. The van der Waals surface area contributed by atoms with Crippen molar-refractivity contribution in [2.24, 2.45) is 107 Å². The average molecular weight is 1870 g/mol. The first-order chi connectivity index (χ1) is 65.7. The average Bonchev–Trinajstić information content (AvgIpc) is 1.56. The maximum Gasteiger partial charge on any atom is 0.224 e. The number of carbonyl (C=O) groups excluding carboxylic acids is 6. The summed E-state index contributed by atoms with van der Waals surface area (Å²) < 4.78 is 21.4. The molecule has 6 aliphatic heterocycles. The molecule has 10 aromatic heterocycles. The molecule has 2 aromatic carbocycles. The van der Waals surface area contributed by atoms with E-state index in [2.05, 4.69) is 171 Å². The van der Waals surface area contributed by atoms with E-state index in [0.717, 1.165) is 188 Å². The van der Waals surface area contributed by atoms with Crippen LogP contribution in [0.5, 0.6) is 0 Å². The van der Waals surface area contributed by atoms with Crippen molar-refractivity contribution in [2.75, 3.05) is 78.5 Å². The smallest absolute Gasteiger partial charge is 0.224 e. The van der Waals surface area contributed by atoms with Gasteiger partial charge in [-0.3, -0.25) is 37.6 Å². The third kappa shape index (κ3) is 17.8. The van der Waals surface area contributed by atoms with Crippen molar-refractivity contribution in [1.82, 2.24) is 105 Å². The predicted octanol–water partition coefficient (Wildman–Crippen LogP) is 13.2. The minimum atomic E-state index is -0.651. The Morgan fingerprint density at radius 1 is 0.431 bits per heavy atom. The molecule has 12 aromatic rings. The second-order valence-electron chi connectivity index (χ2n) is 45.4. The summed E-state index contributed by atoms with van der Waals surface area (Å²) in [6, 6.07) is 31.4. The van der Waals surface area contributed by atoms with Crippen LogP contribution in [-0.2, 0) is 61.5 Å². The minimum Gasteiger partial charge on any atom is -0.344 e. The molecule has 14 fully saturated rings. The van der Waals surface area contributed by atoms with Gasteiger partial charge in [-0.2, -0.15) is 0 Å². The lowest BCUT2D eigenvalue weighted by Gasteiger charge is -2.41. The zero-order chi connectivity index (χ0) is 95.4. The van der Waals surface area contributed by atoms with Crippen molar-refractivity contribution in [1.29, 1.82) is 0 Å². The minimum absolute atomic E-state index is 0.0784. The number of hydrogen-bond donors (Lipinski definition) is 8. The molecule has 0 radical (unpaired) electrons. The van der Waals surface area contributed by atoms with Crippen LogP contribution in [0, 0.1) is 133 Å². The van der Waals surface area contributed by atoms with E-state index in [-0.39, 0.29) is 80.3 Å². The Balaban J connectivity index is 0.0000000982. The topological polar surface area (TPSA) is 332 Å². The second-order valence-corrected chi connectivity index (χ2v) is 45.8. The van der Waals surface area contributed by atoms with Crippen LogP contribution in [0.25, 0.3) is 44.0 Å². The Morgan fingerprint density at radius 2 is 0.869 bits per heavy atom. The number of hydrogen-bond acceptors (Lipinski definition) is 21. The number of piperidine rings is 6. The van der Waals surface area contributed by atoms with E-state index in [9.17, 15) is 33.2 Å². The van der Waals surface area contributed by atoms with Crippen molar-refractivity contribution >= 4 is 90.6 Å². The van der Waals surface area contributed by atoms with E-state index in [0.29, 0.717) is 137 Å². The molecule has 27 nitrogen and oxygen atoms in total. The lowest BCUT2D eigenvalue weighted by molar-refractivity contribution is -0.127. The van der Waals surface area contributed by atoms with Gasteiger partial charge in [0.2, 0.25) is 11.8 Å². The highest BCUT2D eigenvalue weighted by Gasteiger charge is 2.63. The number of carbonyl (C=O) groups is 6. The number of Topliss-reactive ketones (excluding diaryl/α,β-unsaturated/α-hetero) is 4. The van der Waals surface area contributed by atoms with Crippen LogP contribution in [0.1, 0.15) is 190 Å². The van der Waals surface area contributed by atoms with Gasteiger partial charge < -0.3 is 51.3 Å². The van der Waals surface area contributed by atoms with E-state index < -0.39 is 5.54 Å². The summed E-state index contributed by atoms with van der Waals surface area (Å²) >= 11 is 6.22. The molecule has 29 heteroatoms. The molecule has 2 amide bonds. The van der Waals surface area contributed by atoms with Gasteiger partial charge in [-0.1, -0.05) is 116 Å². The Kier molecular flexibility index (Phi) is 24.1. The molecule has 0 bridgehead atoms. The number of halogens is 2. The lowest BCUT2D eigenvalue weighted by Crippen LogP contribution is -2.53. The van der Waals surface area contributed by atoms with Crippen molar-refractivity contribution in [3.63, 3.8) is 0 Å². The standard InChI is InChI=1S/C21H25N3O.C19H23N3O.C18H22N4O.C17H20ClN3O.C17H22N4O.C16H19FN4O/c1-21(2,9-17(25)18-14-10-22-11-15(14)18)19-13-5-3-4-6-16(13)23-20(24-19)12-7-8-12;1-11-21-15-7-5-4-6-12(15)18(22-11)19(2,3)8-16(23)17-13-9-20-10-14(13)17;1-11-4-2-7-22-14(11)10-20-17(22)18(5-3-6-18)21-16(23)15-12-8-19-9-13(12)15;1-17(2,6-14(22)15-10-7-19-8-11(10)15)16-20-9-13-12(18)4-3-5-21(13)16;1-10-5-4-6-21-15(10)19-20-16(21)17(2,3)7-13(22)14-11-8-18-9-12(11)14;1-16(2,20-14(22)13-11-6-18-7-12(11)13)15-19-5-10-4-3-9(17)8-21(10)15/h3-6,12,14-15,18,22H,7-11H2,1-2H3;4-7,13-14,17,20H,8-10H2,1-3H3;2,4,7,10,12-13,15,19H,3,5-6,8-9H2,1H3,(H,21,23);3-5,9-11,15,19H,6-8H2,1-2H3;4-6,11-12,14,18H,7-9H2,1-3H3;3-5,8,11-13,18H,6-7H2,1-2H3,(H,20,22)/t14-,15+,18?;13-,14+,17?;12-,13+,15?;10-,11+,15?;11-,12+,14?;11-,12+,13?. The van der Waals surface area contributed by atoms with Gasteiger partial charge in [-0.05, 0) is 276 Å². The van der Waals surface area contributed by atoms with Crippen LogP contribution >= 0.6 is 11.6 Å². The third-order valence-corrected chi connectivity index (χ3v) is 33.6. The van der Waals surface area contributed by atoms with Crippen LogP contribution < -0.4 is 42.5 Å². The molecule has 8 aliphatic carbocycles. The summed E-state index contributed by atoms with van der Waals surface area (Å²) in [5, 5.41) is 38.1. The molecule has 8 N–H and O–H groups in total. The zero-order valence-electron chi connectivity index (χ0n) is 81.1. The van der Waals surface area contributed by atoms with Gasteiger partial charge in [-0.25, -0.2) is 39.3 Å². The molecule has 718 valence electrons. The Hall–Kier alpha value is -10.6. The number of para-hydroxylation sites is 2. The molecule has 137 heavy (non-hydrogen) atoms. The lowest BCUT2D eigenvalue weighted by atomic mass is 9.75. The fourth-order valence-corrected chi connectivity index (χ4v) is 25.4. The third-order valence-electron chi connectivity index (χ3n) is 33.3. The van der Waals surface area contributed by atoms with Gasteiger partial charge in [0, 0.05) is 124 Å². The van der Waals surface area contributed by atoms with E-state index in [1.165, 1.54) is 30.7 Å². The Morgan fingerprint density at radius 3 is 1.38 bits per heavy atom. The highest BCUT2D eigenvalue weighted by atomic mass is 35.5. The molecular formula is C108H131ClFN21O6. The number of benzene rings is 2. The van der Waals surface area contributed by atoms with Gasteiger partial charge in [0.05, 0.1) is 73.7 Å². The normalized spacial score (nSPS) is 27.8. The van der Waals surface area contributed by atoms with Crippen molar-refractivity contribution in [3.05, 3.63) is 209 Å². The first-order valence-electron chi connectivity index (χ1n) is 50.2. The fraction of sp³-hybridized carbons (Fsp3) is 0.546. The number of amides is 2. The van der Waals surface area contributed by atoms with Gasteiger partial charge in [0.1, 0.15) is 63.9 Å². The number of rotatable bonds is 23. The van der Waals surface area contributed by atoms with Crippen molar-refractivity contribution < 1.29 is 33.2 Å². The highest BCUT2D eigenvalue weighted by molar-refractivity contribution is 6.33. The van der Waals surface area contributed by atoms with Gasteiger partial charge in [0.15, 0.2) is 5.65 Å². The Labute approximate surface area is 804 Å². The fourth-order valence-electron chi connectivity index (χ4n) is 25.2. The monoisotopic (exact) mass is 1870 g/mol. The van der Waals surface area contributed by atoms with E-state index in [1.54, 1.807) is 22.9 Å². The number of ketones is 4. The number of pyridine rings is 4. The molecule has 0 spiro atoms. The zero-order valence-corrected chi connectivity index (χ0v) is 81.9. The number of fused-ring (bicyclic) bond motifs is 12. The summed E-state index contributed by atoms with van der Waals surface area (Å²) in [7, 11) is 0. The first kappa shape index (κ1) is 92.7. The number of imidazole rings is 3. The number of aromatic nitrogens is 13. The molecule has 14 aliphatic rings. The van der Waals surface area contributed by atoms with Crippen LogP contribution in [0.3, 0.4) is 0 Å². The van der Waals surface area contributed by atoms with Crippen molar-refractivity contribution in [3.8, 4) is 0 Å². The van der Waals surface area contributed by atoms with Gasteiger partial charge in [0.25, 0.3) is 0 Å². The van der Waals surface area contributed by atoms with Crippen LogP contribution in [-0.4, -0.2) is 176 Å². The van der Waals surface area contributed by atoms with E-state index >= 15 is 0 Å². The number of aryl methyl sites for hydroxylation is 3. The molecule has 6 saturated heterocycles. The molecule has 16 heterocycles. The van der Waals surface area contributed by atoms with Crippen LogP contribution in [0.15, 0.2) is 140 Å². The first-order valence-corrected chi connectivity index (χ1v) is 50.5. The number of nitrogens with zero attached hydrogens (tertiary/aromatic N) is 13.